The van der Waals surface area contributed by atoms with Crippen LogP contribution in [0.3, 0.4) is 0 Å². The minimum absolute atomic E-state index is 0.212. The van der Waals surface area contributed by atoms with Crippen molar-refractivity contribution >= 4 is 17.7 Å². The number of hydrogen-bond donors (Lipinski definition) is 1. The van der Waals surface area contributed by atoms with Gasteiger partial charge in [-0.25, -0.2) is 5.48 Å². The second-order valence-corrected chi connectivity index (χ2v) is 5.64. The number of hydroxylamine groups is 1. The van der Waals surface area contributed by atoms with Crippen LogP contribution >= 0.6 is 11.8 Å². The van der Waals surface area contributed by atoms with E-state index in [0.717, 1.165) is 5.75 Å². The fraction of sp³-hybridized carbons (Fsp3) is 0.462. The molecule has 0 radical (unpaired) electrons. The van der Waals surface area contributed by atoms with Gasteiger partial charge in [0.05, 0.1) is 5.60 Å². The Labute approximate surface area is 107 Å². The minimum atomic E-state index is -0.381. The van der Waals surface area contributed by atoms with E-state index >= 15 is 0 Å². The Morgan fingerprint density at radius 1 is 1.29 bits per heavy atom. The zero-order valence-electron chi connectivity index (χ0n) is 10.7. The molecule has 0 bridgehead atoms. The lowest BCUT2D eigenvalue weighted by atomic mass is 10.1. The molecule has 0 saturated heterocycles. The van der Waals surface area contributed by atoms with Crippen LogP contribution in [0.5, 0.6) is 0 Å². The molecule has 0 fully saturated rings. The average molecular weight is 253 g/mol. The lowest BCUT2D eigenvalue weighted by molar-refractivity contribution is -0.0589. The van der Waals surface area contributed by atoms with Gasteiger partial charge in [-0.2, -0.15) is 11.8 Å². The number of amides is 1. The van der Waals surface area contributed by atoms with Gasteiger partial charge in [0.2, 0.25) is 0 Å². The summed E-state index contributed by atoms with van der Waals surface area (Å²) in [7, 11) is 0. The molecule has 0 aliphatic carbocycles. The van der Waals surface area contributed by atoms with Crippen molar-refractivity contribution < 1.29 is 9.63 Å². The molecule has 1 aromatic rings. The van der Waals surface area contributed by atoms with Crippen molar-refractivity contribution in [2.75, 3.05) is 6.26 Å². The van der Waals surface area contributed by atoms with E-state index in [1.165, 1.54) is 5.56 Å². The molecule has 0 spiro atoms. The summed E-state index contributed by atoms with van der Waals surface area (Å²) in [6.45, 7) is 5.65. The van der Waals surface area contributed by atoms with Crippen molar-refractivity contribution in [1.82, 2.24) is 5.48 Å². The van der Waals surface area contributed by atoms with E-state index in [1.54, 1.807) is 11.8 Å². The van der Waals surface area contributed by atoms with Gasteiger partial charge in [0.25, 0.3) is 5.91 Å². The first kappa shape index (κ1) is 14.1. The lowest BCUT2D eigenvalue weighted by Crippen LogP contribution is -2.33. The molecular formula is C13H19NO2S. The van der Waals surface area contributed by atoms with Gasteiger partial charge >= 0.3 is 0 Å². The molecule has 3 nitrogen and oxygen atoms in total. The molecule has 0 heterocycles. The molecule has 0 aliphatic heterocycles. The highest BCUT2D eigenvalue weighted by atomic mass is 32.2. The molecule has 1 N–H and O–H groups in total. The Morgan fingerprint density at radius 3 is 2.35 bits per heavy atom. The smallest absolute Gasteiger partial charge is 0.268 e. The van der Waals surface area contributed by atoms with E-state index in [9.17, 15) is 4.79 Å². The van der Waals surface area contributed by atoms with Crippen LogP contribution in [0.15, 0.2) is 24.3 Å². The van der Waals surface area contributed by atoms with Crippen LogP contribution < -0.4 is 5.48 Å². The van der Waals surface area contributed by atoms with Gasteiger partial charge in [0, 0.05) is 11.3 Å². The fourth-order valence-electron chi connectivity index (χ4n) is 1.18. The summed E-state index contributed by atoms with van der Waals surface area (Å²) in [6, 6.07) is 7.55. The van der Waals surface area contributed by atoms with E-state index < -0.39 is 0 Å². The lowest BCUT2D eigenvalue weighted by Gasteiger charge is -2.18. The van der Waals surface area contributed by atoms with Crippen LogP contribution in [-0.4, -0.2) is 17.8 Å². The molecule has 1 amide bonds. The fourth-order valence-corrected chi connectivity index (χ4v) is 1.70. The van der Waals surface area contributed by atoms with Gasteiger partial charge in [0.15, 0.2) is 0 Å². The van der Waals surface area contributed by atoms with Gasteiger partial charge in [-0.15, -0.1) is 0 Å². The zero-order valence-corrected chi connectivity index (χ0v) is 11.6. The standard InChI is InChI=1S/C13H19NO2S/c1-13(2,3)16-14-12(15)11-7-5-10(6-8-11)9-17-4/h5-8H,9H2,1-4H3,(H,14,15). The third kappa shape index (κ3) is 5.24. The number of carbonyl (C=O) groups is 1. The first-order chi connectivity index (χ1) is 7.92. The van der Waals surface area contributed by atoms with Crippen LogP contribution in [-0.2, 0) is 10.6 Å². The largest absolute Gasteiger partial charge is 0.274 e. The molecule has 17 heavy (non-hydrogen) atoms. The number of rotatable bonds is 4. The minimum Gasteiger partial charge on any atom is -0.268 e. The maximum Gasteiger partial charge on any atom is 0.274 e. The number of nitrogens with one attached hydrogen (secondary N) is 1. The van der Waals surface area contributed by atoms with E-state index in [1.807, 2.05) is 45.0 Å². The van der Waals surface area contributed by atoms with Crippen molar-refractivity contribution in [2.24, 2.45) is 0 Å². The van der Waals surface area contributed by atoms with Crippen LogP contribution in [0.25, 0.3) is 0 Å². The van der Waals surface area contributed by atoms with Gasteiger partial charge in [-0.1, -0.05) is 12.1 Å². The number of benzene rings is 1. The summed E-state index contributed by atoms with van der Waals surface area (Å²) in [5.74, 6) is 0.746. The summed E-state index contributed by atoms with van der Waals surface area (Å²) in [5.41, 5.74) is 3.89. The van der Waals surface area contributed by atoms with Crippen LogP contribution in [0.4, 0.5) is 0 Å². The zero-order chi connectivity index (χ0) is 12.9. The molecule has 0 aliphatic rings. The second-order valence-electron chi connectivity index (χ2n) is 4.78. The Kier molecular flexibility index (Phi) is 5.02. The third-order valence-electron chi connectivity index (χ3n) is 1.98. The highest BCUT2D eigenvalue weighted by Crippen LogP contribution is 2.11. The molecule has 0 aromatic heterocycles. The Morgan fingerprint density at radius 2 is 1.88 bits per heavy atom. The molecule has 0 atom stereocenters. The van der Waals surface area contributed by atoms with E-state index in [2.05, 4.69) is 11.7 Å². The van der Waals surface area contributed by atoms with Crippen molar-refractivity contribution in [3.05, 3.63) is 35.4 Å². The Balaban J connectivity index is 2.57. The normalized spacial score (nSPS) is 11.3. The summed E-state index contributed by atoms with van der Waals surface area (Å²) in [4.78, 5) is 16.9. The maximum absolute atomic E-state index is 11.7. The van der Waals surface area contributed by atoms with E-state index in [-0.39, 0.29) is 11.5 Å². The third-order valence-corrected chi connectivity index (χ3v) is 2.60. The molecular weight excluding hydrogens is 234 g/mol. The van der Waals surface area contributed by atoms with Gasteiger partial charge in [-0.05, 0) is 44.7 Å². The molecule has 1 rings (SSSR count). The molecule has 1 aromatic carbocycles. The number of carbonyl (C=O) groups excluding carboxylic acids is 1. The average Bonchev–Trinajstić information content (AvgIpc) is 2.26. The van der Waals surface area contributed by atoms with Crippen molar-refractivity contribution in [3.63, 3.8) is 0 Å². The number of thioether (sulfide) groups is 1. The van der Waals surface area contributed by atoms with Crippen LogP contribution in [0.1, 0.15) is 36.7 Å². The Bertz CT molecular complexity index is 368. The van der Waals surface area contributed by atoms with Crippen molar-refractivity contribution in [3.8, 4) is 0 Å². The molecule has 94 valence electrons. The van der Waals surface area contributed by atoms with Crippen molar-refractivity contribution in [2.45, 2.75) is 32.1 Å². The number of hydrogen-bond acceptors (Lipinski definition) is 3. The first-order valence-corrected chi connectivity index (χ1v) is 6.88. The van der Waals surface area contributed by atoms with E-state index in [0.29, 0.717) is 5.56 Å². The van der Waals surface area contributed by atoms with Gasteiger partial charge < -0.3 is 0 Å². The summed E-state index contributed by atoms with van der Waals surface area (Å²) >= 11 is 1.76. The van der Waals surface area contributed by atoms with Gasteiger partial charge in [0.1, 0.15) is 0 Å². The van der Waals surface area contributed by atoms with Crippen LogP contribution in [0.2, 0.25) is 0 Å². The quantitative estimate of drug-likeness (QED) is 0.838. The summed E-state index contributed by atoms with van der Waals surface area (Å²) in [6.07, 6.45) is 2.05. The molecule has 0 unspecified atom stereocenters. The van der Waals surface area contributed by atoms with Gasteiger partial charge in [-0.3, -0.25) is 9.63 Å². The highest BCUT2D eigenvalue weighted by Gasteiger charge is 2.13. The van der Waals surface area contributed by atoms with Crippen LogP contribution in [0, 0.1) is 0 Å². The highest BCUT2D eigenvalue weighted by molar-refractivity contribution is 7.97. The predicted octanol–water partition coefficient (Wildman–Crippen LogP) is 3.01. The predicted molar refractivity (Wildman–Crippen MR) is 72.0 cm³/mol. The summed E-state index contributed by atoms with van der Waals surface area (Å²) in [5, 5.41) is 0. The monoisotopic (exact) mass is 253 g/mol. The SMILES string of the molecule is CSCc1ccc(C(=O)NOC(C)(C)C)cc1. The second kappa shape index (κ2) is 6.07. The molecule has 0 saturated carbocycles. The summed E-state index contributed by atoms with van der Waals surface area (Å²) < 4.78 is 0. The molecule has 4 heteroatoms. The first-order valence-electron chi connectivity index (χ1n) is 5.48. The Hall–Kier alpha value is -1.00. The topological polar surface area (TPSA) is 38.3 Å². The van der Waals surface area contributed by atoms with E-state index in [4.69, 9.17) is 4.84 Å². The maximum atomic E-state index is 11.7. The van der Waals surface area contributed by atoms with Crippen molar-refractivity contribution in [1.29, 1.82) is 0 Å².